The molecule has 0 aromatic heterocycles. The molecule has 0 unspecified atom stereocenters. The number of hydrogen-bond acceptors (Lipinski definition) is 1. The Bertz CT molecular complexity index is 582. The third kappa shape index (κ3) is 3.48. The van der Waals surface area contributed by atoms with Gasteiger partial charge in [0.1, 0.15) is 0 Å². The van der Waals surface area contributed by atoms with Crippen molar-refractivity contribution < 1.29 is 0 Å². The second-order valence-electron chi connectivity index (χ2n) is 3.56. The predicted molar refractivity (Wildman–Crippen MR) is 76.9 cm³/mol. The van der Waals surface area contributed by atoms with E-state index in [1.807, 2.05) is 54.6 Å². The van der Waals surface area contributed by atoms with Crippen LogP contribution in [0.3, 0.4) is 0 Å². The fourth-order valence-corrected chi connectivity index (χ4v) is 3.46. The van der Waals surface area contributed by atoms with Crippen molar-refractivity contribution in [3.05, 3.63) is 71.3 Å². The van der Waals surface area contributed by atoms with Crippen LogP contribution in [0.1, 0.15) is 5.56 Å². The summed E-state index contributed by atoms with van der Waals surface area (Å²) in [6.07, 6.45) is 1.63. The molecular weight excluding hydrogens is 309 g/mol. The summed E-state index contributed by atoms with van der Waals surface area (Å²) in [6, 6.07) is 19.9. The minimum atomic E-state index is 0.113. The van der Waals surface area contributed by atoms with Crippen LogP contribution >= 0.6 is 11.6 Å². The Morgan fingerprint density at radius 1 is 1.06 bits per heavy atom. The van der Waals surface area contributed by atoms with Crippen LogP contribution in [0.5, 0.6) is 0 Å². The van der Waals surface area contributed by atoms with Crippen LogP contribution < -0.4 is 4.46 Å². The first-order valence-corrected chi connectivity index (χ1v) is 7.47. The molecule has 0 aliphatic carbocycles. The van der Waals surface area contributed by atoms with E-state index >= 15 is 0 Å². The van der Waals surface area contributed by atoms with Gasteiger partial charge in [-0.15, -0.1) is 0 Å². The standard InChI is InChI=1S/C15H10ClNSe/c16-13-6-8-14(9-7-13)18-15(10-11-17)12-4-2-1-3-5-12/h1-10H/b15-10-. The molecule has 0 aliphatic heterocycles. The zero-order chi connectivity index (χ0) is 12.8. The molecule has 0 spiro atoms. The molecule has 1 nitrogen and oxygen atoms in total. The quantitative estimate of drug-likeness (QED) is 0.629. The topological polar surface area (TPSA) is 23.8 Å². The fourth-order valence-electron chi connectivity index (χ4n) is 1.46. The first-order chi connectivity index (χ1) is 8.79. The van der Waals surface area contributed by atoms with Crippen LogP contribution in [0.25, 0.3) is 4.47 Å². The summed E-state index contributed by atoms with van der Waals surface area (Å²) in [6.45, 7) is 0. The van der Waals surface area contributed by atoms with Gasteiger partial charge in [0.25, 0.3) is 0 Å². The maximum atomic E-state index is 8.88. The summed E-state index contributed by atoms with van der Waals surface area (Å²) in [5.74, 6) is 0. The second-order valence-corrected chi connectivity index (χ2v) is 6.34. The zero-order valence-corrected chi connectivity index (χ0v) is 12.0. The molecular formula is C15H10ClNSe. The van der Waals surface area contributed by atoms with E-state index in [1.54, 1.807) is 6.08 Å². The van der Waals surface area contributed by atoms with Gasteiger partial charge in [-0.3, -0.25) is 0 Å². The predicted octanol–water partition coefficient (Wildman–Crippen LogP) is 3.23. The molecule has 0 atom stereocenters. The van der Waals surface area contributed by atoms with Gasteiger partial charge in [-0.1, -0.05) is 0 Å². The molecule has 0 saturated heterocycles. The third-order valence-electron chi connectivity index (χ3n) is 2.30. The molecule has 3 heteroatoms. The average Bonchev–Trinajstić information content (AvgIpc) is 2.42. The summed E-state index contributed by atoms with van der Waals surface area (Å²) in [5, 5.41) is 9.62. The van der Waals surface area contributed by atoms with Crippen molar-refractivity contribution in [2.45, 2.75) is 0 Å². The summed E-state index contributed by atoms with van der Waals surface area (Å²) >= 11 is 5.98. The van der Waals surface area contributed by atoms with Gasteiger partial charge in [0.05, 0.1) is 0 Å². The van der Waals surface area contributed by atoms with Crippen LogP contribution in [0, 0.1) is 11.3 Å². The Labute approximate surface area is 118 Å². The van der Waals surface area contributed by atoms with Crippen LogP contribution in [0.4, 0.5) is 0 Å². The van der Waals surface area contributed by atoms with E-state index in [4.69, 9.17) is 16.9 Å². The zero-order valence-electron chi connectivity index (χ0n) is 9.51. The Morgan fingerprint density at radius 2 is 1.72 bits per heavy atom. The average molecular weight is 319 g/mol. The van der Waals surface area contributed by atoms with Gasteiger partial charge in [0.2, 0.25) is 0 Å². The normalized spacial score (nSPS) is 11.0. The molecule has 2 aromatic carbocycles. The molecule has 2 rings (SSSR count). The van der Waals surface area contributed by atoms with Crippen molar-refractivity contribution in [3.8, 4) is 6.07 Å². The van der Waals surface area contributed by atoms with Gasteiger partial charge in [-0.2, -0.15) is 0 Å². The van der Waals surface area contributed by atoms with Crippen molar-refractivity contribution >= 4 is 35.5 Å². The van der Waals surface area contributed by atoms with Crippen molar-refractivity contribution in [1.29, 1.82) is 5.26 Å². The first-order valence-electron chi connectivity index (χ1n) is 5.38. The van der Waals surface area contributed by atoms with Gasteiger partial charge in [0, 0.05) is 0 Å². The summed E-state index contributed by atoms with van der Waals surface area (Å²) in [4.78, 5) is 0. The van der Waals surface area contributed by atoms with Crippen molar-refractivity contribution in [1.82, 2.24) is 0 Å². The van der Waals surface area contributed by atoms with E-state index in [0.717, 1.165) is 15.1 Å². The molecule has 2 aromatic rings. The number of hydrogen-bond donors (Lipinski definition) is 0. The van der Waals surface area contributed by atoms with Crippen LogP contribution in [0.2, 0.25) is 5.02 Å². The van der Waals surface area contributed by atoms with Gasteiger partial charge in [-0.05, 0) is 0 Å². The molecule has 88 valence electrons. The molecule has 18 heavy (non-hydrogen) atoms. The van der Waals surface area contributed by atoms with E-state index in [1.165, 1.54) is 4.46 Å². The van der Waals surface area contributed by atoms with Gasteiger partial charge in [0.15, 0.2) is 0 Å². The number of rotatable bonds is 3. The van der Waals surface area contributed by atoms with E-state index < -0.39 is 0 Å². The third-order valence-corrected chi connectivity index (χ3v) is 4.82. The summed E-state index contributed by atoms with van der Waals surface area (Å²) in [7, 11) is 0. The van der Waals surface area contributed by atoms with E-state index in [9.17, 15) is 0 Å². The van der Waals surface area contributed by atoms with Gasteiger partial charge in [-0.25, -0.2) is 0 Å². The van der Waals surface area contributed by atoms with Crippen molar-refractivity contribution in [3.63, 3.8) is 0 Å². The van der Waals surface area contributed by atoms with E-state index in [2.05, 4.69) is 6.07 Å². The number of nitriles is 1. The molecule has 0 bridgehead atoms. The van der Waals surface area contributed by atoms with Crippen LogP contribution in [-0.4, -0.2) is 15.0 Å². The monoisotopic (exact) mass is 319 g/mol. The van der Waals surface area contributed by atoms with Gasteiger partial charge < -0.3 is 0 Å². The number of benzene rings is 2. The first kappa shape index (κ1) is 12.9. The van der Waals surface area contributed by atoms with Crippen molar-refractivity contribution in [2.75, 3.05) is 0 Å². The van der Waals surface area contributed by atoms with Gasteiger partial charge >= 0.3 is 118 Å². The van der Waals surface area contributed by atoms with E-state index in [0.29, 0.717) is 0 Å². The SMILES string of the molecule is N#C/C=C(\[Se]c1ccc(Cl)cc1)c1ccccc1. The molecule has 0 heterocycles. The molecule has 0 amide bonds. The molecule has 0 radical (unpaired) electrons. The van der Waals surface area contributed by atoms with Crippen LogP contribution in [0.15, 0.2) is 60.7 Å². The second kappa shape index (κ2) is 6.42. The maximum absolute atomic E-state index is 8.88. The Hall–Kier alpha value is -1.52. The van der Waals surface area contributed by atoms with Crippen molar-refractivity contribution in [2.24, 2.45) is 0 Å². The summed E-state index contributed by atoms with van der Waals surface area (Å²) in [5.41, 5.74) is 1.11. The molecule has 0 saturated carbocycles. The number of nitrogens with zero attached hydrogens (tertiary/aromatic N) is 1. The number of halogens is 1. The van der Waals surface area contributed by atoms with E-state index in [-0.39, 0.29) is 15.0 Å². The summed E-state index contributed by atoms with van der Waals surface area (Å²) < 4.78 is 2.28. The van der Waals surface area contributed by atoms with Crippen LogP contribution in [-0.2, 0) is 0 Å². The Kier molecular flexibility index (Phi) is 4.61. The fraction of sp³-hybridized carbons (Fsp3) is 0. The molecule has 0 aliphatic rings. The molecule has 0 N–H and O–H groups in total. The molecule has 0 fully saturated rings. The minimum absolute atomic E-state index is 0.113. The Morgan fingerprint density at radius 3 is 2.33 bits per heavy atom. The number of allylic oxidation sites excluding steroid dienone is 1. The Balaban J connectivity index is 2.26.